The van der Waals surface area contributed by atoms with E-state index >= 15 is 0 Å². The van der Waals surface area contributed by atoms with E-state index in [0.717, 1.165) is 12.8 Å². The van der Waals surface area contributed by atoms with Crippen molar-refractivity contribution in [3.8, 4) is 0 Å². The third-order valence-corrected chi connectivity index (χ3v) is 1.21. The topological polar surface area (TPSA) is 0 Å². The Kier molecular flexibility index (Phi) is 36.2. The molecule has 0 atom stereocenters. The van der Waals surface area contributed by atoms with Crippen LogP contribution >= 0.6 is 0 Å². The number of rotatable bonds is 4. The van der Waals surface area contributed by atoms with E-state index in [4.69, 9.17) is 0 Å². The van der Waals surface area contributed by atoms with E-state index < -0.39 is 0 Å². The molecule has 0 bridgehead atoms. The number of hydrogen-bond acceptors (Lipinski definition) is 0. The summed E-state index contributed by atoms with van der Waals surface area (Å²) in [5, 5.41) is 0. The zero-order chi connectivity index (χ0) is 8.24. The standard InChI is InChI=1S/2C5H11.Mg/c2*1-3-5-4-2;/h2*1,3-5H2,2H3;/q2*-1;+2. The summed E-state index contributed by atoms with van der Waals surface area (Å²) in [4.78, 5) is 0. The molecule has 0 saturated carbocycles. The van der Waals surface area contributed by atoms with Crippen LogP contribution in [0.4, 0.5) is 0 Å². The smallest absolute Gasteiger partial charge is 0.343 e. The van der Waals surface area contributed by atoms with Crippen LogP contribution in [0, 0.1) is 13.8 Å². The maximum Gasteiger partial charge on any atom is 2.00 e. The first kappa shape index (κ1) is 17.7. The Bertz CT molecular complexity index is 25.9. The van der Waals surface area contributed by atoms with Gasteiger partial charge in [-0.25, -0.2) is 0 Å². The Morgan fingerprint density at radius 1 is 0.818 bits per heavy atom. The van der Waals surface area contributed by atoms with E-state index in [-0.39, 0.29) is 23.1 Å². The fraction of sp³-hybridized carbons (Fsp3) is 0.800. The van der Waals surface area contributed by atoms with E-state index in [1.165, 1.54) is 25.7 Å². The minimum atomic E-state index is 0. The van der Waals surface area contributed by atoms with Gasteiger partial charge in [0.2, 0.25) is 0 Å². The van der Waals surface area contributed by atoms with Crippen LogP contribution in [-0.4, -0.2) is 23.1 Å². The quantitative estimate of drug-likeness (QED) is 0.442. The number of unbranched alkanes of at least 4 members (excludes halogenated alkanes) is 4. The predicted octanol–water partition coefficient (Wildman–Crippen LogP) is 3.64. The van der Waals surface area contributed by atoms with Gasteiger partial charge in [-0.15, -0.1) is 0 Å². The second-order valence-corrected chi connectivity index (χ2v) is 2.41. The van der Waals surface area contributed by atoms with Gasteiger partial charge in [-0.3, -0.25) is 0 Å². The van der Waals surface area contributed by atoms with E-state index in [9.17, 15) is 0 Å². The van der Waals surface area contributed by atoms with Crippen molar-refractivity contribution in [2.45, 2.75) is 52.4 Å². The van der Waals surface area contributed by atoms with E-state index in [1.807, 2.05) is 0 Å². The average Bonchev–Trinajstić information content (AvgIpc) is 1.93. The minimum Gasteiger partial charge on any atom is -0.343 e. The maximum atomic E-state index is 3.68. The Balaban J connectivity index is -0.000000107. The Morgan fingerprint density at radius 2 is 1.09 bits per heavy atom. The molecule has 0 aromatic heterocycles. The van der Waals surface area contributed by atoms with Crippen LogP contribution in [0.15, 0.2) is 0 Å². The van der Waals surface area contributed by atoms with Crippen molar-refractivity contribution in [3.63, 3.8) is 0 Å². The van der Waals surface area contributed by atoms with Crippen molar-refractivity contribution in [1.29, 1.82) is 0 Å². The van der Waals surface area contributed by atoms with Gasteiger partial charge >= 0.3 is 23.1 Å². The van der Waals surface area contributed by atoms with Gasteiger partial charge in [0, 0.05) is 0 Å². The average molecular weight is 167 g/mol. The third kappa shape index (κ3) is 36.4. The van der Waals surface area contributed by atoms with Crippen molar-refractivity contribution < 1.29 is 0 Å². The van der Waals surface area contributed by atoms with Crippen LogP contribution < -0.4 is 0 Å². The molecule has 0 aromatic carbocycles. The Hall–Kier alpha value is 0.766. The molecule has 0 heterocycles. The molecule has 0 aliphatic rings. The fourth-order valence-corrected chi connectivity index (χ4v) is 0.500. The van der Waals surface area contributed by atoms with Gasteiger partial charge in [0.05, 0.1) is 0 Å². The zero-order valence-corrected chi connectivity index (χ0v) is 9.78. The molecule has 0 aliphatic heterocycles. The molecule has 0 fully saturated rings. The van der Waals surface area contributed by atoms with Crippen molar-refractivity contribution in [2.75, 3.05) is 0 Å². The Morgan fingerprint density at radius 3 is 1.09 bits per heavy atom. The summed E-state index contributed by atoms with van der Waals surface area (Å²) in [7, 11) is 0. The molecule has 11 heavy (non-hydrogen) atoms. The van der Waals surface area contributed by atoms with Crippen LogP contribution in [0.2, 0.25) is 0 Å². The summed E-state index contributed by atoms with van der Waals surface area (Å²) in [6.45, 7) is 11.7. The maximum absolute atomic E-state index is 3.68. The second kappa shape index (κ2) is 22.4. The summed E-state index contributed by atoms with van der Waals surface area (Å²) in [6, 6.07) is 0. The van der Waals surface area contributed by atoms with Gasteiger partial charge in [-0.1, -0.05) is 39.5 Å². The largest absolute Gasteiger partial charge is 2.00 e. The summed E-state index contributed by atoms with van der Waals surface area (Å²) in [6.07, 6.45) is 7.31. The fourth-order valence-electron chi connectivity index (χ4n) is 0.500. The molecule has 0 rings (SSSR count). The van der Waals surface area contributed by atoms with Gasteiger partial charge < -0.3 is 13.8 Å². The summed E-state index contributed by atoms with van der Waals surface area (Å²) >= 11 is 0. The second-order valence-electron chi connectivity index (χ2n) is 2.41. The van der Waals surface area contributed by atoms with Crippen LogP contribution in [-0.2, 0) is 0 Å². The van der Waals surface area contributed by atoms with Crippen molar-refractivity contribution in [1.82, 2.24) is 0 Å². The molecular weight excluding hydrogens is 144 g/mol. The SMILES string of the molecule is [CH2-]CCCC.[CH2-]CCCC.[Mg+2]. The minimum absolute atomic E-state index is 0. The normalized spacial score (nSPS) is 7.64. The molecule has 0 amide bonds. The van der Waals surface area contributed by atoms with E-state index in [1.54, 1.807) is 0 Å². The monoisotopic (exact) mass is 166 g/mol. The molecule has 0 nitrogen and oxygen atoms in total. The molecule has 0 spiro atoms. The van der Waals surface area contributed by atoms with Gasteiger partial charge in [0.15, 0.2) is 0 Å². The van der Waals surface area contributed by atoms with Gasteiger partial charge in [-0.05, 0) is 0 Å². The van der Waals surface area contributed by atoms with E-state index in [0.29, 0.717) is 0 Å². The number of hydrogen-bond donors (Lipinski definition) is 0. The van der Waals surface area contributed by atoms with Crippen LogP contribution in [0.25, 0.3) is 0 Å². The molecule has 0 unspecified atom stereocenters. The van der Waals surface area contributed by atoms with Gasteiger partial charge in [-0.2, -0.15) is 12.8 Å². The van der Waals surface area contributed by atoms with Crippen molar-refractivity contribution >= 4 is 23.1 Å². The van der Waals surface area contributed by atoms with Gasteiger partial charge in [0.1, 0.15) is 0 Å². The van der Waals surface area contributed by atoms with Crippen LogP contribution in [0.1, 0.15) is 52.4 Å². The van der Waals surface area contributed by atoms with E-state index in [2.05, 4.69) is 27.7 Å². The van der Waals surface area contributed by atoms with Crippen LogP contribution in [0.3, 0.4) is 0 Å². The molecule has 64 valence electrons. The summed E-state index contributed by atoms with van der Waals surface area (Å²) in [5.41, 5.74) is 0. The molecule has 0 N–H and O–H groups in total. The molecule has 0 aliphatic carbocycles. The summed E-state index contributed by atoms with van der Waals surface area (Å²) < 4.78 is 0. The van der Waals surface area contributed by atoms with Crippen LogP contribution in [0.5, 0.6) is 0 Å². The first-order valence-corrected chi connectivity index (χ1v) is 4.41. The predicted molar refractivity (Wildman–Crippen MR) is 55.5 cm³/mol. The first-order chi connectivity index (χ1) is 4.83. The Labute approximate surface area is 89.3 Å². The van der Waals surface area contributed by atoms with Crippen molar-refractivity contribution in [3.05, 3.63) is 13.8 Å². The summed E-state index contributed by atoms with van der Waals surface area (Å²) in [5.74, 6) is 0. The van der Waals surface area contributed by atoms with Gasteiger partial charge in [0.25, 0.3) is 0 Å². The zero-order valence-electron chi connectivity index (χ0n) is 8.36. The third-order valence-electron chi connectivity index (χ3n) is 1.21. The molecular formula is C10H22Mg. The molecule has 1 heteroatoms. The van der Waals surface area contributed by atoms with Crippen molar-refractivity contribution in [2.24, 2.45) is 0 Å². The molecule has 0 aromatic rings. The molecule has 0 radical (unpaired) electrons. The molecule has 0 saturated heterocycles. The first-order valence-electron chi connectivity index (χ1n) is 4.41.